The third-order valence-electron chi connectivity index (χ3n) is 3.40. The van der Waals surface area contributed by atoms with Gasteiger partial charge in [0.2, 0.25) is 0 Å². The summed E-state index contributed by atoms with van der Waals surface area (Å²) < 4.78 is 5.12. The first-order valence-corrected chi connectivity index (χ1v) is 7.24. The van der Waals surface area contributed by atoms with Crippen molar-refractivity contribution in [3.63, 3.8) is 0 Å². The fraction of sp³-hybridized carbons (Fsp3) is 0.615. The van der Waals surface area contributed by atoms with Crippen LogP contribution >= 0.6 is 11.3 Å². The lowest BCUT2D eigenvalue weighted by atomic mass is 9.95. The molecule has 1 atom stereocenters. The van der Waals surface area contributed by atoms with Crippen LogP contribution in [-0.4, -0.2) is 37.6 Å². The van der Waals surface area contributed by atoms with Crippen LogP contribution in [0.4, 0.5) is 0 Å². The number of likely N-dealkylation sites (tertiary alicyclic amines) is 1. The van der Waals surface area contributed by atoms with Crippen molar-refractivity contribution in [3.05, 3.63) is 16.3 Å². The molecule has 100 valence electrons. The van der Waals surface area contributed by atoms with Gasteiger partial charge in [0, 0.05) is 24.5 Å². The number of hydrogen-bond acceptors (Lipinski definition) is 4. The normalized spacial score (nSPS) is 19.9. The Morgan fingerprint density at radius 1 is 1.67 bits per heavy atom. The highest BCUT2D eigenvalue weighted by atomic mass is 32.1. The van der Waals surface area contributed by atoms with E-state index in [1.165, 1.54) is 17.8 Å². The average Bonchev–Trinajstić information content (AvgIpc) is 2.87. The monoisotopic (exact) mass is 268 g/mol. The summed E-state index contributed by atoms with van der Waals surface area (Å²) >= 11 is 1.45. The van der Waals surface area contributed by atoms with Crippen molar-refractivity contribution in [2.75, 3.05) is 26.7 Å². The van der Waals surface area contributed by atoms with Crippen molar-refractivity contribution in [2.45, 2.75) is 19.3 Å². The largest absolute Gasteiger partial charge is 0.496 e. The van der Waals surface area contributed by atoms with Gasteiger partial charge in [-0.25, -0.2) is 0 Å². The van der Waals surface area contributed by atoms with Crippen molar-refractivity contribution in [1.82, 2.24) is 4.90 Å². The molecule has 0 radical (unpaired) electrons. The van der Waals surface area contributed by atoms with E-state index in [4.69, 9.17) is 10.5 Å². The number of amides is 1. The van der Waals surface area contributed by atoms with Crippen LogP contribution in [-0.2, 0) is 0 Å². The Bertz CT molecular complexity index is 403. The van der Waals surface area contributed by atoms with E-state index in [1.807, 2.05) is 16.3 Å². The summed E-state index contributed by atoms with van der Waals surface area (Å²) in [7, 11) is 1.62. The third kappa shape index (κ3) is 3.03. The van der Waals surface area contributed by atoms with Crippen LogP contribution in [0.1, 0.15) is 28.9 Å². The minimum absolute atomic E-state index is 0.130. The molecule has 0 spiro atoms. The minimum atomic E-state index is 0.130. The number of rotatable bonds is 4. The summed E-state index contributed by atoms with van der Waals surface area (Å²) in [4.78, 5) is 15.0. The smallest absolute Gasteiger partial charge is 0.264 e. The number of carbonyl (C=O) groups is 1. The van der Waals surface area contributed by atoms with E-state index in [0.717, 1.165) is 36.6 Å². The summed E-state index contributed by atoms with van der Waals surface area (Å²) in [5.74, 6) is 1.46. The van der Waals surface area contributed by atoms with Crippen LogP contribution in [0.25, 0.3) is 0 Å². The van der Waals surface area contributed by atoms with Gasteiger partial charge in [-0.15, -0.1) is 11.3 Å². The standard InChI is InChI=1S/C13H20N2O2S/c1-17-11-7-12(18-9-11)13(16)15-6-2-3-10(8-15)4-5-14/h7,9-10H,2-6,8,14H2,1H3. The number of nitrogens with zero attached hydrogens (tertiary/aromatic N) is 1. The summed E-state index contributed by atoms with van der Waals surface area (Å²) in [6.45, 7) is 2.41. The second-order valence-corrected chi connectivity index (χ2v) is 5.60. The number of thiophene rings is 1. The topological polar surface area (TPSA) is 55.6 Å². The van der Waals surface area contributed by atoms with E-state index in [-0.39, 0.29) is 5.91 Å². The molecule has 2 N–H and O–H groups in total. The van der Waals surface area contributed by atoms with E-state index < -0.39 is 0 Å². The molecule has 1 aromatic heterocycles. The predicted octanol–water partition coefficient (Wildman–Crippen LogP) is 1.96. The number of ether oxygens (including phenoxy) is 1. The quantitative estimate of drug-likeness (QED) is 0.908. The Labute approximate surface area is 112 Å². The molecule has 0 saturated carbocycles. The van der Waals surface area contributed by atoms with Crippen LogP contribution in [0, 0.1) is 5.92 Å². The minimum Gasteiger partial charge on any atom is -0.496 e. The zero-order valence-electron chi connectivity index (χ0n) is 10.7. The number of carbonyl (C=O) groups excluding carboxylic acids is 1. The Morgan fingerprint density at radius 2 is 2.50 bits per heavy atom. The molecule has 18 heavy (non-hydrogen) atoms. The molecular formula is C13H20N2O2S. The molecule has 1 fully saturated rings. The van der Waals surface area contributed by atoms with Crippen molar-refractivity contribution < 1.29 is 9.53 Å². The molecule has 1 unspecified atom stereocenters. The highest BCUT2D eigenvalue weighted by molar-refractivity contribution is 7.12. The average molecular weight is 268 g/mol. The molecule has 2 heterocycles. The molecule has 5 heteroatoms. The van der Waals surface area contributed by atoms with Crippen LogP contribution < -0.4 is 10.5 Å². The van der Waals surface area contributed by atoms with Crippen molar-refractivity contribution in [1.29, 1.82) is 0 Å². The third-order valence-corrected chi connectivity index (χ3v) is 4.30. The molecule has 0 bridgehead atoms. The van der Waals surface area contributed by atoms with Gasteiger partial charge < -0.3 is 15.4 Å². The van der Waals surface area contributed by atoms with E-state index in [9.17, 15) is 4.79 Å². The van der Waals surface area contributed by atoms with Gasteiger partial charge in [-0.2, -0.15) is 0 Å². The highest BCUT2D eigenvalue weighted by Crippen LogP contribution is 2.25. The first-order chi connectivity index (χ1) is 8.74. The summed E-state index contributed by atoms with van der Waals surface area (Å²) in [6, 6.07) is 1.82. The van der Waals surface area contributed by atoms with E-state index in [0.29, 0.717) is 12.5 Å². The second kappa shape index (κ2) is 6.20. The number of piperidine rings is 1. The first-order valence-electron chi connectivity index (χ1n) is 6.36. The fourth-order valence-corrected chi connectivity index (χ4v) is 3.24. The molecule has 4 nitrogen and oxygen atoms in total. The molecule has 1 aliphatic rings. The zero-order valence-corrected chi connectivity index (χ0v) is 11.5. The SMILES string of the molecule is COc1csc(C(=O)N2CCCC(CCN)C2)c1. The van der Waals surface area contributed by atoms with Crippen molar-refractivity contribution in [2.24, 2.45) is 11.7 Å². The summed E-state index contributed by atoms with van der Waals surface area (Å²) in [5.41, 5.74) is 5.60. The van der Waals surface area contributed by atoms with E-state index in [1.54, 1.807) is 7.11 Å². The lowest BCUT2D eigenvalue weighted by molar-refractivity contribution is 0.0674. The van der Waals surface area contributed by atoms with Gasteiger partial charge in [-0.1, -0.05) is 0 Å². The molecule has 0 aliphatic carbocycles. The Kier molecular flexibility index (Phi) is 4.60. The number of nitrogens with two attached hydrogens (primary N) is 1. The van der Waals surface area contributed by atoms with Crippen molar-refractivity contribution >= 4 is 17.2 Å². The van der Waals surface area contributed by atoms with Gasteiger partial charge in [0.05, 0.1) is 12.0 Å². The lowest BCUT2D eigenvalue weighted by Gasteiger charge is -2.32. The maximum Gasteiger partial charge on any atom is 0.264 e. The maximum atomic E-state index is 12.3. The van der Waals surface area contributed by atoms with Gasteiger partial charge in [0.15, 0.2) is 0 Å². The highest BCUT2D eigenvalue weighted by Gasteiger charge is 2.24. The second-order valence-electron chi connectivity index (χ2n) is 4.69. The van der Waals surface area contributed by atoms with Gasteiger partial charge in [-0.3, -0.25) is 4.79 Å². The van der Waals surface area contributed by atoms with E-state index >= 15 is 0 Å². The molecular weight excluding hydrogens is 248 g/mol. The molecule has 1 aromatic rings. The van der Waals surface area contributed by atoms with Gasteiger partial charge >= 0.3 is 0 Å². The Hall–Kier alpha value is -1.07. The van der Waals surface area contributed by atoms with Gasteiger partial charge in [-0.05, 0) is 31.7 Å². The van der Waals surface area contributed by atoms with Gasteiger partial charge in [0.25, 0.3) is 5.91 Å². The Balaban J connectivity index is 1.99. The van der Waals surface area contributed by atoms with Crippen LogP contribution in [0.2, 0.25) is 0 Å². The van der Waals surface area contributed by atoms with Crippen LogP contribution in [0.3, 0.4) is 0 Å². The number of methoxy groups -OCH3 is 1. The summed E-state index contributed by atoms with van der Waals surface area (Å²) in [6.07, 6.45) is 3.28. The number of hydrogen-bond donors (Lipinski definition) is 1. The fourth-order valence-electron chi connectivity index (χ4n) is 2.41. The lowest BCUT2D eigenvalue weighted by Crippen LogP contribution is -2.40. The predicted molar refractivity (Wildman–Crippen MR) is 73.2 cm³/mol. The molecule has 2 rings (SSSR count). The van der Waals surface area contributed by atoms with Crippen LogP contribution in [0.5, 0.6) is 5.75 Å². The van der Waals surface area contributed by atoms with E-state index in [2.05, 4.69) is 0 Å². The Morgan fingerprint density at radius 3 is 3.17 bits per heavy atom. The molecule has 1 amide bonds. The zero-order chi connectivity index (χ0) is 13.0. The van der Waals surface area contributed by atoms with Crippen LogP contribution in [0.15, 0.2) is 11.4 Å². The molecule has 1 saturated heterocycles. The molecule has 0 aromatic carbocycles. The maximum absolute atomic E-state index is 12.3. The molecule has 1 aliphatic heterocycles. The van der Waals surface area contributed by atoms with Crippen molar-refractivity contribution in [3.8, 4) is 5.75 Å². The first kappa shape index (κ1) is 13.4. The summed E-state index contributed by atoms with van der Waals surface area (Å²) in [5, 5.41) is 1.87. The van der Waals surface area contributed by atoms with Gasteiger partial charge in [0.1, 0.15) is 5.75 Å².